The number of hydrogen-bond acceptors (Lipinski definition) is 5. The second-order valence-electron chi connectivity index (χ2n) is 4.01. The van der Waals surface area contributed by atoms with Gasteiger partial charge in [-0.1, -0.05) is 19.0 Å². The predicted octanol–water partition coefficient (Wildman–Crippen LogP) is 2.42. The molecule has 0 spiro atoms. The highest BCUT2D eigenvalue weighted by Crippen LogP contribution is 2.18. The van der Waals surface area contributed by atoms with Gasteiger partial charge in [-0.3, -0.25) is 0 Å². The van der Waals surface area contributed by atoms with Gasteiger partial charge in [-0.05, 0) is 26.1 Å². The van der Waals surface area contributed by atoms with Crippen molar-refractivity contribution in [3.05, 3.63) is 11.7 Å². The zero-order valence-electron chi connectivity index (χ0n) is 10.5. The van der Waals surface area contributed by atoms with Gasteiger partial charge in [0.25, 0.3) is 0 Å². The van der Waals surface area contributed by atoms with Crippen molar-refractivity contribution in [2.75, 3.05) is 12.8 Å². The maximum absolute atomic E-state index is 5.27. The lowest BCUT2D eigenvalue weighted by molar-refractivity contribution is 0.329. The third-order valence-electron chi connectivity index (χ3n) is 2.61. The van der Waals surface area contributed by atoms with Crippen LogP contribution in [0.3, 0.4) is 0 Å². The van der Waals surface area contributed by atoms with E-state index in [-0.39, 0.29) is 5.92 Å². The summed E-state index contributed by atoms with van der Waals surface area (Å²) in [5.74, 6) is 2.60. The van der Waals surface area contributed by atoms with Crippen LogP contribution in [-0.4, -0.2) is 29.0 Å². The minimum atomic E-state index is 0.259. The zero-order chi connectivity index (χ0) is 12.0. The highest BCUT2D eigenvalue weighted by molar-refractivity contribution is 7.97. The third-order valence-corrected chi connectivity index (χ3v) is 3.16. The Labute approximate surface area is 102 Å². The molecule has 0 aliphatic carbocycles. The fraction of sp³-hybridized carbons (Fsp3) is 0.818. The summed E-state index contributed by atoms with van der Waals surface area (Å²) in [6.45, 7) is 7.45. The minimum absolute atomic E-state index is 0.259. The first-order chi connectivity index (χ1) is 7.69. The molecule has 0 aromatic carbocycles. The first kappa shape index (κ1) is 13.5. The molecule has 1 N–H and O–H groups in total. The molecule has 0 amide bonds. The Morgan fingerprint density at radius 3 is 2.81 bits per heavy atom. The molecule has 1 aromatic rings. The molecule has 16 heavy (non-hydrogen) atoms. The van der Waals surface area contributed by atoms with Crippen LogP contribution in [0, 0.1) is 0 Å². The fourth-order valence-electron chi connectivity index (χ4n) is 1.40. The SMILES string of the molecule is CCCNC(C)C(C)c1nc(CSC)no1. The van der Waals surface area contributed by atoms with E-state index in [1.54, 1.807) is 11.8 Å². The van der Waals surface area contributed by atoms with Crippen LogP contribution in [0.25, 0.3) is 0 Å². The number of rotatable bonds is 7. The summed E-state index contributed by atoms with van der Waals surface area (Å²) in [6.07, 6.45) is 3.17. The van der Waals surface area contributed by atoms with Crippen molar-refractivity contribution in [2.45, 2.75) is 44.9 Å². The molecule has 0 aliphatic rings. The molecule has 0 fully saturated rings. The standard InChI is InChI=1S/C11H21N3OS/c1-5-6-12-9(3)8(2)11-13-10(7-16-4)14-15-11/h8-9,12H,5-7H2,1-4H3. The van der Waals surface area contributed by atoms with Gasteiger partial charge in [0, 0.05) is 6.04 Å². The van der Waals surface area contributed by atoms with Crippen molar-refractivity contribution < 1.29 is 4.52 Å². The van der Waals surface area contributed by atoms with Crippen LogP contribution in [0.4, 0.5) is 0 Å². The van der Waals surface area contributed by atoms with Gasteiger partial charge in [-0.2, -0.15) is 16.7 Å². The lowest BCUT2D eigenvalue weighted by Crippen LogP contribution is -2.31. The van der Waals surface area contributed by atoms with Gasteiger partial charge in [0.1, 0.15) is 0 Å². The molecule has 0 aliphatic heterocycles. The van der Waals surface area contributed by atoms with E-state index in [1.165, 1.54) is 0 Å². The maximum atomic E-state index is 5.27. The normalized spacial score (nSPS) is 15.0. The van der Waals surface area contributed by atoms with Crippen LogP contribution < -0.4 is 5.32 Å². The Bertz CT molecular complexity index is 303. The summed E-state index contributed by atoms with van der Waals surface area (Å²) in [5, 5.41) is 7.39. The second-order valence-corrected chi connectivity index (χ2v) is 4.88. The van der Waals surface area contributed by atoms with Crippen LogP contribution in [-0.2, 0) is 5.75 Å². The molecule has 4 nitrogen and oxygen atoms in total. The van der Waals surface area contributed by atoms with Crippen LogP contribution >= 0.6 is 11.8 Å². The fourth-order valence-corrected chi connectivity index (χ4v) is 1.78. The van der Waals surface area contributed by atoms with Crippen LogP contribution in [0.5, 0.6) is 0 Å². The summed E-state index contributed by atoms with van der Waals surface area (Å²) in [4.78, 5) is 4.39. The number of aromatic nitrogens is 2. The topological polar surface area (TPSA) is 51.0 Å². The van der Waals surface area contributed by atoms with Crippen molar-refractivity contribution in [2.24, 2.45) is 0 Å². The van der Waals surface area contributed by atoms with Crippen LogP contribution in [0.1, 0.15) is 44.8 Å². The summed E-state index contributed by atoms with van der Waals surface area (Å²) in [6, 6.07) is 0.363. The number of hydrogen-bond donors (Lipinski definition) is 1. The smallest absolute Gasteiger partial charge is 0.231 e. The Morgan fingerprint density at radius 1 is 1.44 bits per heavy atom. The van der Waals surface area contributed by atoms with Crippen LogP contribution in [0.15, 0.2) is 4.52 Å². The van der Waals surface area contributed by atoms with E-state index in [2.05, 4.69) is 36.2 Å². The molecule has 1 heterocycles. The van der Waals surface area contributed by atoms with E-state index in [1.807, 2.05) is 6.26 Å². The Morgan fingerprint density at radius 2 is 2.19 bits per heavy atom. The first-order valence-electron chi connectivity index (χ1n) is 5.73. The van der Waals surface area contributed by atoms with Crippen molar-refractivity contribution in [1.29, 1.82) is 0 Å². The van der Waals surface area contributed by atoms with Gasteiger partial charge >= 0.3 is 0 Å². The van der Waals surface area contributed by atoms with E-state index < -0.39 is 0 Å². The van der Waals surface area contributed by atoms with Crippen molar-refractivity contribution in [3.63, 3.8) is 0 Å². The molecule has 1 rings (SSSR count). The molecule has 92 valence electrons. The molecule has 1 aromatic heterocycles. The van der Waals surface area contributed by atoms with Crippen LogP contribution in [0.2, 0.25) is 0 Å². The largest absolute Gasteiger partial charge is 0.339 e. The highest BCUT2D eigenvalue weighted by atomic mass is 32.2. The molecule has 2 unspecified atom stereocenters. The van der Waals surface area contributed by atoms with E-state index in [0.717, 1.165) is 30.4 Å². The lowest BCUT2D eigenvalue weighted by atomic mass is 10.0. The highest BCUT2D eigenvalue weighted by Gasteiger charge is 2.19. The predicted molar refractivity (Wildman–Crippen MR) is 67.7 cm³/mol. The quantitative estimate of drug-likeness (QED) is 0.797. The molecule has 2 atom stereocenters. The van der Waals surface area contributed by atoms with Crippen molar-refractivity contribution in [3.8, 4) is 0 Å². The monoisotopic (exact) mass is 243 g/mol. The zero-order valence-corrected chi connectivity index (χ0v) is 11.3. The summed E-state index contributed by atoms with van der Waals surface area (Å²) in [5.41, 5.74) is 0. The Kier molecular flexibility index (Phi) is 5.84. The van der Waals surface area contributed by atoms with E-state index in [4.69, 9.17) is 4.52 Å². The molecular weight excluding hydrogens is 222 g/mol. The second kappa shape index (κ2) is 6.91. The maximum Gasteiger partial charge on any atom is 0.231 e. The summed E-state index contributed by atoms with van der Waals surface area (Å²) >= 11 is 1.70. The van der Waals surface area contributed by atoms with E-state index >= 15 is 0 Å². The third kappa shape index (κ3) is 3.79. The minimum Gasteiger partial charge on any atom is -0.339 e. The Balaban J connectivity index is 2.53. The summed E-state index contributed by atoms with van der Waals surface area (Å²) < 4.78 is 5.27. The van der Waals surface area contributed by atoms with E-state index in [0.29, 0.717) is 6.04 Å². The van der Waals surface area contributed by atoms with Gasteiger partial charge in [-0.25, -0.2) is 0 Å². The molecule has 0 bridgehead atoms. The number of thioether (sulfide) groups is 1. The van der Waals surface area contributed by atoms with Gasteiger partial charge in [0.15, 0.2) is 5.82 Å². The van der Waals surface area contributed by atoms with Gasteiger partial charge in [0.2, 0.25) is 5.89 Å². The number of nitrogens with one attached hydrogen (secondary N) is 1. The molecular formula is C11H21N3OS. The molecule has 5 heteroatoms. The number of nitrogens with zero attached hydrogens (tertiary/aromatic N) is 2. The van der Waals surface area contributed by atoms with E-state index in [9.17, 15) is 0 Å². The molecule has 0 saturated heterocycles. The van der Waals surface area contributed by atoms with Crippen molar-refractivity contribution in [1.82, 2.24) is 15.5 Å². The average Bonchev–Trinajstić information content (AvgIpc) is 2.74. The summed E-state index contributed by atoms with van der Waals surface area (Å²) in [7, 11) is 0. The lowest BCUT2D eigenvalue weighted by Gasteiger charge is -2.17. The molecule has 0 radical (unpaired) electrons. The first-order valence-corrected chi connectivity index (χ1v) is 7.13. The van der Waals surface area contributed by atoms with Gasteiger partial charge < -0.3 is 9.84 Å². The van der Waals surface area contributed by atoms with Gasteiger partial charge in [0.05, 0.1) is 11.7 Å². The van der Waals surface area contributed by atoms with Crippen molar-refractivity contribution >= 4 is 11.8 Å². The molecule has 0 saturated carbocycles. The van der Waals surface area contributed by atoms with Gasteiger partial charge in [-0.15, -0.1) is 0 Å². The Hall–Kier alpha value is -0.550. The average molecular weight is 243 g/mol.